The standard InChI is InChI=1S/C20H29N5O/c1-2-21-20(22-12-5-8-19(26)25-16-9-10-16)23-13-11-15-14-24-18-7-4-3-6-17(15)18/h3-4,6-7,14,16,24H,2,5,8-13H2,1H3,(H,25,26)(H2,21,22,23). The fourth-order valence-corrected chi connectivity index (χ4v) is 2.95. The number of carbonyl (C=O) groups is 1. The van der Waals surface area contributed by atoms with Crippen LogP contribution in [0.2, 0.25) is 0 Å². The second kappa shape index (κ2) is 9.27. The molecule has 4 N–H and O–H groups in total. The van der Waals surface area contributed by atoms with Gasteiger partial charge in [0.1, 0.15) is 0 Å². The molecule has 0 unspecified atom stereocenters. The molecule has 6 nitrogen and oxygen atoms in total. The van der Waals surface area contributed by atoms with E-state index in [1.54, 1.807) is 0 Å². The first kappa shape index (κ1) is 18.3. The summed E-state index contributed by atoms with van der Waals surface area (Å²) in [5, 5.41) is 10.9. The summed E-state index contributed by atoms with van der Waals surface area (Å²) in [6.07, 6.45) is 6.60. The predicted octanol–water partition coefficient (Wildman–Crippen LogP) is 2.32. The third kappa shape index (κ3) is 5.51. The highest BCUT2D eigenvalue weighted by Gasteiger charge is 2.22. The van der Waals surface area contributed by atoms with Gasteiger partial charge in [-0.15, -0.1) is 0 Å². The minimum absolute atomic E-state index is 0.153. The highest BCUT2D eigenvalue weighted by Crippen LogP contribution is 2.19. The van der Waals surface area contributed by atoms with Crippen LogP contribution in [0.25, 0.3) is 10.9 Å². The van der Waals surface area contributed by atoms with Gasteiger partial charge in [0.2, 0.25) is 5.91 Å². The molecule has 1 amide bonds. The van der Waals surface area contributed by atoms with E-state index >= 15 is 0 Å². The number of benzene rings is 1. The lowest BCUT2D eigenvalue weighted by atomic mass is 10.1. The van der Waals surface area contributed by atoms with Crippen LogP contribution in [0.5, 0.6) is 0 Å². The molecule has 0 atom stereocenters. The Balaban J connectivity index is 1.41. The number of hydrogen-bond acceptors (Lipinski definition) is 2. The molecule has 2 aromatic rings. The fraction of sp³-hybridized carbons (Fsp3) is 0.500. The third-order valence-electron chi connectivity index (χ3n) is 4.48. The molecule has 0 radical (unpaired) electrons. The second-order valence-electron chi connectivity index (χ2n) is 6.74. The zero-order chi connectivity index (χ0) is 18.2. The Morgan fingerprint density at radius 3 is 2.92 bits per heavy atom. The molecule has 1 heterocycles. The Morgan fingerprint density at radius 1 is 1.27 bits per heavy atom. The number of nitrogens with zero attached hydrogens (tertiary/aromatic N) is 1. The lowest BCUT2D eigenvalue weighted by Crippen LogP contribution is -2.38. The number of guanidine groups is 1. The molecule has 140 valence electrons. The van der Waals surface area contributed by atoms with Gasteiger partial charge >= 0.3 is 0 Å². The molecule has 0 spiro atoms. The van der Waals surface area contributed by atoms with Crippen molar-refractivity contribution in [3.05, 3.63) is 36.0 Å². The van der Waals surface area contributed by atoms with Gasteiger partial charge in [-0.05, 0) is 44.2 Å². The number of fused-ring (bicyclic) bond motifs is 1. The zero-order valence-electron chi connectivity index (χ0n) is 15.5. The van der Waals surface area contributed by atoms with E-state index < -0.39 is 0 Å². The minimum Gasteiger partial charge on any atom is -0.361 e. The Bertz CT molecular complexity index is 747. The largest absolute Gasteiger partial charge is 0.361 e. The SMILES string of the molecule is CCNC(=NCCCC(=O)NC1CC1)NCCc1c[nH]c2ccccc12. The number of amides is 1. The van der Waals surface area contributed by atoms with Crippen molar-refractivity contribution in [1.82, 2.24) is 20.9 Å². The van der Waals surface area contributed by atoms with Crippen LogP contribution in [-0.2, 0) is 11.2 Å². The smallest absolute Gasteiger partial charge is 0.220 e. The van der Waals surface area contributed by atoms with E-state index in [9.17, 15) is 4.79 Å². The van der Waals surface area contributed by atoms with E-state index in [4.69, 9.17) is 0 Å². The van der Waals surface area contributed by atoms with Crippen LogP contribution in [0.1, 0.15) is 38.2 Å². The number of carbonyl (C=O) groups excluding carboxylic acids is 1. The van der Waals surface area contributed by atoms with Crippen molar-refractivity contribution >= 4 is 22.8 Å². The monoisotopic (exact) mass is 355 g/mol. The summed E-state index contributed by atoms with van der Waals surface area (Å²) in [5.41, 5.74) is 2.48. The lowest BCUT2D eigenvalue weighted by molar-refractivity contribution is -0.121. The molecule has 1 fully saturated rings. The van der Waals surface area contributed by atoms with Gasteiger partial charge in [-0.25, -0.2) is 0 Å². The maximum atomic E-state index is 11.7. The van der Waals surface area contributed by atoms with Gasteiger partial charge < -0.3 is 20.9 Å². The van der Waals surface area contributed by atoms with Crippen LogP contribution in [0.3, 0.4) is 0 Å². The zero-order valence-corrected chi connectivity index (χ0v) is 15.5. The van der Waals surface area contributed by atoms with Crippen molar-refractivity contribution in [2.24, 2.45) is 4.99 Å². The quantitative estimate of drug-likeness (QED) is 0.317. The second-order valence-corrected chi connectivity index (χ2v) is 6.74. The number of hydrogen-bond donors (Lipinski definition) is 4. The summed E-state index contributed by atoms with van der Waals surface area (Å²) >= 11 is 0. The Morgan fingerprint density at radius 2 is 2.12 bits per heavy atom. The maximum absolute atomic E-state index is 11.7. The Kier molecular flexibility index (Phi) is 6.52. The van der Waals surface area contributed by atoms with Gasteiger partial charge in [0, 0.05) is 49.2 Å². The van der Waals surface area contributed by atoms with Gasteiger partial charge in [0.25, 0.3) is 0 Å². The van der Waals surface area contributed by atoms with Crippen LogP contribution in [0.15, 0.2) is 35.5 Å². The molecular weight excluding hydrogens is 326 g/mol. The highest BCUT2D eigenvalue weighted by atomic mass is 16.1. The molecule has 1 aromatic carbocycles. The molecule has 0 aliphatic heterocycles. The molecule has 0 saturated heterocycles. The molecule has 1 aromatic heterocycles. The number of aliphatic imine (C=N–C) groups is 1. The summed E-state index contributed by atoms with van der Waals surface area (Å²) in [6, 6.07) is 8.79. The first-order chi connectivity index (χ1) is 12.8. The lowest BCUT2D eigenvalue weighted by Gasteiger charge is -2.11. The molecule has 26 heavy (non-hydrogen) atoms. The van der Waals surface area contributed by atoms with Crippen molar-refractivity contribution in [1.29, 1.82) is 0 Å². The van der Waals surface area contributed by atoms with E-state index in [1.165, 1.54) is 16.5 Å². The van der Waals surface area contributed by atoms with Gasteiger partial charge in [-0.3, -0.25) is 9.79 Å². The van der Waals surface area contributed by atoms with E-state index in [2.05, 4.69) is 57.2 Å². The van der Waals surface area contributed by atoms with Gasteiger partial charge in [-0.2, -0.15) is 0 Å². The molecular formula is C20H29N5O. The van der Waals surface area contributed by atoms with Gasteiger partial charge in [-0.1, -0.05) is 18.2 Å². The molecule has 1 saturated carbocycles. The average molecular weight is 355 g/mol. The fourth-order valence-electron chi connectivity index (χ4n) is 2.95. The van der Waals surface area contributed by atoms with E-state index in [0.29, 0.717) is 19.0 Å². The van der Waals surface area contributed by atoms with Crippen LogP contribution in [-0.4, -0.2) is 42.5 Å². The third-order valence-corrected chi connectivity index (χ3v) is 4.48. The van der Waals surface area contributed by atoms with Crippen LogP contribution < -0.4 is 16.0 Å². The topological polar surface area (TPSA) is 81.3 Å². The van der Waals surface area contributed by atoms with E-state index in [0.717, 1.165) is 44.7 Å². The molecule has 1 aliphatic carbocycles. The van der Waals surface area contributed by atoms with Crippen molar-refractivity contribution in [2.75, 3.05) is 19.6 Å². The van der Waals surface area contributed by atoms with Crippen molar-refractivity contribution < 1.29 is 4.79 Å². The Hall–Kier alpha value is -2.50. The number of H-pyrrole nitrogens is 1. The van der Waals surface area contributed by atoms with Crippen molar-refractivity contribution in [3.8, 4) is 0 Å². The van der Waals surface area contributed by atoms with Crippen LogP contribution in [0.4, 0.5) is 0 Å². The summed E-state index contributed by atoms with van der Waals surface area (Å²) in [4.78, 5) is 19.6. The predicted molar refractivity (Wildman–Crippen MR) is 106 cm³/mol. The molecule has 0 bridgehead atoms. The summed E-state index contributed by atoms with van der Waals surface area (Å²) in [6.45, 7) is 4.34. The molecule has 6 heteroatoms. The number of para-hydroxylation sites is 1. The van der Waals surface area contributed by atoms with Gasteiger partial charge in [0.15, 0.2) is 5.96 Å². The molecule has 3 rings (SSSR count). The number of aromatic nitrogens is 1. The Labute approximate surface area is 154 Å². The van der Waals surface area contributed by atoms with Crippen LogP contribution in [0, 0.1) is 0 Å². The highest BCUT2D eigenvalue weighted by molar-refractivity contribution is 5.83. The first-order valence-corrected chi connectivity index (χ1v) is 9.63. The van der Waals surface area contributed by atoms with Crippen molar-refractivity contribution in [3.63, 3.8) is 0 Å². The van der Waals surface area contributed by atoms with E-state index in [1.807, 2.05) is 6.07 Å². The minimum atomic E-state index is 0.153. The number of aromatic amines is 1. The number of nitrogens with one attached hydrogen (secondary N) is 4. The van der Waals surface area contributed by atoms with Crippen molar-refractivity contribution in [2.45, 2.75) is 45.1 Å². The van der Waals surface area contributed by atoms with Crippen LogP contribution >= 0.6 is 0 Å². The maximum Gasteiger partial charge on any atom is 0.220 e. The summed E-state index contributed by atoms with van der Waals surface area (Å²) in [5.74, 6) is 0.968. The van der Waals surface area contributed by atoms with Gasteiger partial charge in [0.05, 0.1) is 0 Å². The molecule has 1 aliphatic rings. The van der Waals surface area contributed by atoms with E-state index in [-0.39, 0.29) is 5.91 Å². The normalized spacial score (nSPS) is 14.4. The number of rotatable bonds is 9. The summed E-state index contributed by atoms with van der Waals surface area (Å²) in [7, 11) is 0. The average Bonchev–Trinajstić information content (AvgIpc) is 3.36. The first-order valence-electron chi connectivity index (χ1n) is 9.63. The summed E-state index contributed by atoms with van der Waals surface area (Å²) < 4.78 is 0.